The van der Waals surface area contributed by atoms with E-state index < -0.39 is 0 Å². The molecule has 0 heterocycles. The highest BCUT2D eigenvalue weighted by atomic mass is 14.6. The van der Waals surface area contributed by atoms with Gasteiger partial charge in [0.15, 0.2) is 0 Å². The fourth-order valence-electron chi connectivity index (χ4n) is 3.98. The number of nitrogens with two attached hydrogens (primary N) is 1. The van der Waals surface area contributed by atoms with Crippen LogP contribution in [0.4, 0.5) is 5.69 Å². The topological polar surface area (TPSA) is 26.0 Å². The summed E-state index contributed by atoms with van der Waals surface area (Å²) in [6.45, 7) is 13.7. The Balaban J connectivity index is 3.09. The molecule has 1 aromatic carbocycles. The molecule has 2 N–H and O–H groups in total. The summed E-state index contributed by atoms with van der Waals surface area (Å²) in [7, 11) is 0. The molecule has 0 aliphatic rings. The predicted molar refractivity (Wildman–Crippen MR) is 114 cm³/mol. The van der Waals surface area contributed by atoms with E-state index >= 15 is 0 Å². The van der Waals surface area contributed by atoms with Gasteiger partial charge in [0.05, 0.1) is 0 Å². The van der Waals surface area contributed by atoms with Crippen LogP contribution in [0.1, 0.15) is 101 Å². The van der Waals surface area contributed by atoms with Crippen LogP contribution in [0.5, 0.6) is 0 Å². The third kappa shape index (κ3) is 6.68. The molecule has 1 heteroatoms. The van der Waals surface area contributed by atoms with E-state index in [1.807, 2.05) is 0 Å². The Kier molecular flexibility index (Phi) is 10.2. The lowest BCUT2D eigenvalue weighted by molar-refractivity contribution is 0.434. The summed E-state index contributed by atoms with van der Waals surface area (Å²) in [5.41, 5.74) is 13.4. The van der Waals surface area contributed by atoms with Gasteiger partial charge in [-0.3, -0.25) is 0 Å². The van der Waals surface area contributed by atoms with Crippen molar-refractivity contribution in [1.29, 1.82) is 0 Å². The van der Waals surface area contributed by atoms with Crippen molar-refractivity contribution in [1.82, 2.24) is 0 Å². The first kappa shape index (κ1) is 22.1. The Bertz CT molecular complexity index is 503. The highest BCUT2D eigenvalue weighted by Gasteiger charge is 2.18. The molecule has 0 saturated heterocycles. The van der Waals surface area contributed by atoms with Crippen molar-refractivity contribution >= 4 is 5.69 Å². The SMILES string of the molecule is CCCCC(CC)Cc1cc(C)c(C)c(N)c1CC(CC)CCCC. The number of benzene rings is 1. The van der Waals surface area contributed by atoms with E-state index in [9.17, 15) is 0 Å². The highest BCUT2D eigenvalue weighted by Crippen LogP contribution is 2.32. The van der Waals surface area contributed by atoms with Crippen LogP contribution in [0, 0.1) is 25.7 Å². The quantitative estimate of drug-likeness (QED) is 0.392. The standard InChI is InChI=1S/C24H43N/c1-7-11-13-20(9-3)16-22-15-18(5)19(6)24(25)23(22)17-21(10-4)14-12-8-2/h15,20-21H,7-14,16-17,25H2,1-6H3. The van der Waals surface area contributed by atoms with Crippen LogP contribution < -0.4 is 5.73 Å². The number of rotatable bonds is 12. The Hall–Kier alpha value is -0.980. The van der Waals surface area contributed by atoms with Crippen LogP contribution in [0.3, 0.4) is 0 Å². The summed E-state index contributed by atoms with van der Waals surface area (Å²) in [5.74, 6) is 1.58. The maximum Gasteiger partial charge on any atom is 0.0381 e. The minimum atomic E-state index is 0.777. The average molecular weight is 346 g/mol. The number of hydrogen-bond acceptors (Lipinski definition) is 1. The molecule has 25 heavy (non-hydrogen) atoms. The van der Waals surface area contributed by atoms with Crippen molar-refractivity contribution < 1.29 is 0 Å². The number of hydrogen-bond donors (Lipinski definition) is 1. The van der Waals surface area contributed by atoms with Gasteiger partial charge in [0.1, 0.15) is 0 Å². The predicted octanol–water partition coefficient (Wildman–Crippen LogP) is 7.40. The van der Waals surface area contributed by atoms with E-state index in [2.05, 4.69) is 47.6 Å². The van der Waals surface area contributed by atoms with Crippen molar-refractivity contribution in [2.75, 3.05) is 5.73 Å². The van der Waals surface area contributed by atoms with Gasteiger partial charge in [-0.05, 0) is 60.8 Å². The molecule has 2 atom stereocenters. The number of anilines is 1. The summed E-state index contributed by atoms with van der Waals surface area (Å²) < 4.78 is 0. The molecule has 0 aliphatic carbocycles. The smallest absolute Gasteiger partial charge is 0.0381 e. The first-order valence-corrected chi connectivity index (χ1v) is 10.9. The second-order valence-electron chi connectivity index (χ2n) is 8.11. The van der Waals surface area contributed by atoms with Gasteiger partial charge in [-0.1, -0.05) is 85.1 Å². The molecular weight excluding hydrogens is 302 g/mol. The van der Waals surface area contributed by atoms with Gasteiger partial charge in [-0.25, -0.2) is 0 Å². The zero-order valence-electron chi connectivity index (χ0n) is 17.9. The van der Waals surface area contributed by atoms with Crippen molar-refractivity contribution in [2.45, 2.75) is 106 Å². The van der Waals surface area contributed by atoms with Gasteiger partial charge in [-0.2, -0.15) is 0 Å². The number of nitrogen functional groups attached to an aromatic ring is 1. The van der Waals surface area contributed by atoms with Crippen LogP contribution in [-0.2, 0) is 12.8 Å². The molecule has 0 amide bonds. The Labute approximate surface area is 157 Å². The molecule has 0 aliphatic heterocycles. The fourth-order valence-corrected chi connectivity index (χ4v) is 3.98. The Morgan fingerprint density at radius 1 is 0.840 bits per heavy atom. The van der Waals surface area contributed by atoms with E-state index in [0.29, 0.717) is 0 Å². The minimum absolute atomic E-state index is 0.777. The number of unbranched alkanes of at least 4 members (excludes halogenated alkanes) is 2. The van der Waals surface area contributed by atoms with Gasteiger partial charge >= 0.3 is 0 Å². The first-order chi connectivity index (χ1) is 12.0. The monoisotopic (exact) mass is 345 g/mol. The Morgan fingerprint density at radius 2 is 1.36 bits per heavy atom. The van der Waals surface area contributed by atoms with Crippen molar-refractivity contribution in [2.24, 2.45) is 11.8 Å². The molecule has 0 radical (unpaired) electrons. The lowest BCUT2D eigenvalue weighted by atomic mass is 9.83. The van der Waals surface area contributed by atoms with Gasteiger partial charge in [0.2, 0.25) is 0 Å². The van der Waals surface area contributed by atoms with E-state index in [4.69, 9.17) is 5.73 Å². The Morgan fingerprint density at radius 3 is 1.84 bits per heavy atom. The lowest BCUT2D eigenvalue weighted by Gasteiger charge is -2.24. The summed E-state index contributed by atoms with van der Waals surface area (Å²) in [6.07, 6.45) is 12.9. The van der Waals surface area contributed by atoms with Crippen LogP contribution in [0.2, 0.25) is 0 Å². The van der Waals surface area contributed by atoms with E-state index in [-0.39, 0.29) is 0 Å². The lowest BCUT2D eigenvalue weighted by Crippen LogP contribution is -2.13. The van der Waals surface area contributed by atoms with E-state index in [1.54, 1.807) is 5.56 Å². The molecule has 1 aromatic rings. The van der Waals surface area contributed by atoms with Crippen LogP contribution >= 0.6 is 0 Å². The molecule has 1 nitrogen and oxygen atoms in total. The second kappa shape index (κ2) is 11.6. The average Bonchev–Trinajstić information content (AvgIpc) is 2.62. The van der Waals surface area contributed by atoms with Gasteiger partial charge < -0.3 is 5.73 Å². The van der Waals surface area contributed by atoms with E-state index in [1.165, 1.54) is 80.9 Å². The zero-order chi connectivity index (χ0) is 18.8. The maximum atomic E-state index is 6.63. The van der Waals surface area contributed by atoms with E-state index in [0.717, 1.165) is 17.5 Å². The fraction of sp³-hybridized carbons (Fsp3) is 0.750. The van der Waals surface area contributed by atoms with Crippen LogP contribution in [-0.4, -0.2) is 0 Å². The van der Waals surface area contributed by atoms with Crippen LogP contribution in [0.15, 0.2) is 6.07 Å². The summed E-state index contributed by atoms with van der Waals surface area (Å²) in [5, 5.41) is 0. The second-order valence-corrected chi connectivity index (χ2v) is 8.11. The van der Waals surface area contributed by atoms with Crippen LogP contribution in [0.25, 0.3) is 0 Å². The van der Waals surface area contributed by atoms with Crippen molar-refractivity contribution in [3.05, 3.63) is 28.3 Å². The van der Waals surface area contributed by atoms with Gasteiger partial charge in [0.25, 0.3) is 0 Å². The molecular formula is C24H43N. The molecule has 0 fully saturated rings. The third-order valence-electron chi connectivity index (χ3n) is 6.19. The van der Waals surface area contributed by atoms with Gasteiger partial charge in [-0.15, -0.1) is 0 Å². The molecule has 2 unspecified atom stereocenters. The largest absolute Gasteiger partial charge is 0.398 e. The minimum Gasteiger partial charge on any atom is -0.398 e. The van der Waals surface area contributed by atoms with Crippen molar-refractivity contribution in [3.63, 3.8) is 0 Å². The van der Waals surface area contributed by atoms with Crippen molar-refractivity contribution in [3.8, 4) is 0 Å². The third-order valence-corrected chi connectivity index (χ3v) is 6.19. The summed E-state index contributed by atoms with van der Waals surface area (Å²) >= 11 is 0. The molecule has 0 aromatic heterocycles. The zero-order valence-corrected chi connectivity index (χ0v) is 17.9. The summed E-state index contributed by atoms with van der Waals surface area (Å²) in [4.78, 5) is 0. The summed E-state index contributed by atoms with van der Waals surface area (Å²) in [6, 6.07) is 2.45. The highest BCUT2D eigenvalue weighted by molar-refractivity contribution is 5.60. The molecule has 0 saturated carbocycles. The molecule has 1 rings (SSSR count). The molecule has 144 valence electrons. The van der Waals surface area contributed by atoms with Gasteiger partial charge in [0, 0.05) is 5.69 Å². The number of aryl methyl sites for hydroxylation is 1. The normalized spacial score (nSPS) is 13.8. The molecule has 0 bridgehead atoms. The molecule has 0 spiro atoms. The first-order valence-electron chi connectivity index (χ1n) is 10.9. The maximum absolute atomic E-state index is 6.63.